The highest BCUT2D eigenvalue weighted by molar-refractivity contribution is 4.66. The van der Waals surface area contributed by atoms with E-state index in [1.807, 2.05) is 0 Å². The number of likely N-dealkylation sites (N-methyl/N-ethyl adjacent to an activating group) is 1. The Morgan fingerprint density at radius 1 is 1.35 bits per heavy atom. The lowest BCUT2D eigenvalue weighted by Gasteiger charge is -2.21. The van der Waals surface area contributed by atoms with Crippen molar-refractivity contribution in [1.82, 2.24) is 4.90 Å². The summed E-state index contributed by atoms with van der Waals surface area (Å²) in [7, 11) is 0. The summed E-state index contributed by atoms with van der Waals surface area (Å²) in [6, 6.07) is 0. The predicted molar refractivity (Wildman–Crippen MR) is 70.2 cm³/mol. The molecule has 1 unspecified atom stereocenters. The molecule has 0 aromatic heterocycles. The van der Waals surface area contributed by atoms with Crippen molar-refractivity contribution in [3.63, 3.8) is 0 Å². The largest absolute Gasteiger partial charge is 0.379 e. The first-order chi connectivity index (χ1) is 8.36. The quantitative estimate of drug-likeness (QED) is 0.587. The Morgan fingerprint density at radius 2 is 2.24 bits per heavy atom. The zero-order valence-corrected chi connectivity index (χ0v) is 11.2. The fourth-order valence-corrected chi connectivity index (χ4v) is 2.22. The van der Waals surface area contributed by atoms with Crippen molar-refractivity contribution in [2.75, 3.05) is 46.0 Å². The monoisotopic (exact) mass is 244 g/mol. The third-order valence-corrected chi connectivity index (χ3v) is 3.29. The maximum absolute atomic E-state index is 5.62. The molecule has 1 fully saturated rings. The molecule has 2 N–H and O–H groups in total. The van der Waals surface area contributed by atoms with Crippen LogP contribution in [0.25, 0.3) is 0 Å². The molecule has 0 aromatic carbocycles. The summed E-state index contributed by atoms with van der Waals surface area (Å²) in [4.78, 5) is 2.44. The van der Waals surface area contributed by atoms with E-state index in [-0.39, 0.29) is 0 Å². The van der Waals surface area contributed by atoms with Gasteiger partial charge in [0.1, 0.15) is 0 Å². The maximum Gasteiger partial charge on any atom is 0.0594 e. The third kappa shape index (κ3) is 6.99. The summed E-state index contributed by atoms with van der Waals surface area (Å²) in [5, 5.41) is 0. The van der Waals surface area contributed by atoms with E-state index in [1.54, 1.807) is 0 Å². The molecular formula is C13H28N2O2. The van der Waals surface area contributed by atoms with Crippen molar-refractivity contribution in [3.8, 4) is 0 Å². The average Bonchev–Trinajstić information content (AvgIpc) is 2.85. The first-order valence-corrected chi connectivity index (χ1v) is 6.98. The van der Waals surface area contributed by atoms with Crippen molar-refractivity contribution in [1.29, 1.82) is 0 Å². The number of hydrogen-bond donors (Lipinski definition) is 1. The van der Waals surface area contributed by atoms with E-state index in [1.165, 1.54) is 25.7 Å². The fraction of sp³-hybridized carbons (Fsp3) is 1.00. The van der Waals surface area contributed by atoms with Crippen LogP contribution >= 0.6 is 0 Å². The molecule has 1 rings (SSSR count). The number of rotatable bonds is 10. The Bertz CT molecular complexity index is 173. The van der Waals surface area contributed by atoms with E-state index in [9.17, 15) is 0 Å². The van der Waals surface area contributed by atoms with Crippen LogP contribution < -0.4 is 5.73 Å². The molecule has 0 bridgehead atoms. The standard InChI is InChI=1S/C13H28N2O2/c1-2-15(9-12-16-11-7-14)8-3-5-13-6-4-10-17-13/h13H,2-12,14H2,1H3. The molecule has 0 amide bonds. The van der Waals surface area contributed by atoms with E-state index < -0.39 is 0 Å². The van der Waals surface area contributed by atoms with Crippen LogP contribution in [0.2, 0.25) is 0 Å². The molecule has 1 aliphatic rings. The zero-order chi connectivity index (χ0) is 12.3. The van der Waals surface area contributed by atoms with E-state index in [0.717, 1.165) is 32.8 Å². The minimum absolute atomic E-state index is 0.530. The average molecular weight is 244 g/mol. The number of ether oxygens (including phenoxy) is 2. The van der Waals surface area contributed by atoms with Gasteiger partial charge in [-0.3, -0.25) is 0 Å². The van der Waals surface area contributed by atoms with Gasteiger partial charge in [0.05, 0.1) is 19.3 Å². The zero-order valence-electron chi connectivity index (χ0n) is 11.2. The lowest BCUT2D eigenvalue weighted by Crippen LogP contribution is -2.29. The molecule has 0 spiro atoms. The molecule has 4 heteroatoms. The highest BCUT2D eigenvalue weighted by Crippen LogP contribution is 2.16. The molecule has 0 radical (unpaired) electrons. The number of hydrogen-bond acceptors (Lipinski definition) is 4. The van der Waals surface area contributed by atoms with Crippen LogP contribution in [-0.2, 0) is 9.47 Å². The second kappa shape index (κ2) is 9.83. The van der Waals surface area contributed by atoms with E-state index in [2.05, 4.69) is 11.8 Å². The topological polar surface area (TPSA) is 47.7 Å². The normalized spacial score (nSPS) is 20.3. The van der Waals surface area contributed by atoms with E-state index >= 15 is 0 Å². The van der Waals surface area contributed by atoms with E-state index in [4.69, 9.17) is 15.2 Å². The molecule has 1 heterocycles. The smallest absolute Gasteiger partial charge is 0.0594 e. The minimum atomic E-state index is 0.530. The van der Waals surface area contributed by atoms with Crippen LogP contribution in [0.4, 0.5) is 0 Å². The highest BCUT2D eigenvalue weighted by Gasteiger charge is 2.15. The van der Waals surface area contributed by atoms with Crippen molar-refractivity contribution in [2.24, 2.45) is 5.73 Å². The first kappa shape index (κ1) is 14.9. The lowest BCUT2D eigenvalue weighted by molar-refractivity contribution is 0.0914. The van der Waals surface area contributed by atoms with Gasteiger partial charge >= 0.3 is 0 Å². The number of nitrogens with two attached hydrogens (primary N) is 1. The van der Waals surface area contributed by atoms with Gasteiger partial charge in [-0.05, 0) is 38.8 Å². The molecular weight excluding hydrogens is 216 g/mol. The van der Waals surface area contributed by atoms with Gasteiger partial charge in [0.25, 0.3) is 0 Å². The Labute approximate surface area is 105 Å². The Hall–Kier alpha value is -0.160. The highest BCUT2D eigenvalue weighted by atomic mass is 16.5. The summed E-state index contributed by atoms with van der Waals surface area (Å²) in [5.41, 5.74) is 5.38. The predicted octanol–water partition coefficient (Wildman–Crippen LogP) is 1.24. The first-order valence-electron chi connectivity index (χ1n) is 6.98. The van der Waals surface area contributed by atoms with Crippen molar-refractivity contribution < 1.29 is 9.47 Å². The molecule has 17 heavy (non-hydrogen) atoms. The van der Waals surface area contributed by atoms with Gasteiger partial charge in [0, 0.05) is 19.7 Å². The Kier molecular flexibility index (Phi) is 8.61. The summed E-state index contributed by atoms with van der Waals surface area (Å²) in [6.45, 7) is 8.52. The Morgan fingerprint density at radius 3 is 2.88 bits per heavy atom. The summed E-state index contributed by atoms with van der Waals surface area (Å²) in [6.07, 6.45) is 5.47. The molecule has 1 saturated heterocycles. The van der Waals surface area contributed by atoms with Crippen molar-refractivity contribution >= 4 is 0 Å². The molecule has 0 saturated carbocycles. The van der Waals surface area contributed by atoms with Crippen molar-refractivity contribution in [3.05, 3.63) is 0 Å². The van der Waals surface area contributed by atoms with Crippen LogP contribution in [0, 0.1) is 0 Å². The van der Waals surface area contributed by atoms with Crippen LogP contribution in [0.5, 0.6) is 0 Å². The lowest BCUT2D eigenvalue weighted by atomic mass is 10.1. The molecule has 0 aromatic rings. The van der Waals surface area contributed by atoms with Gasteiger partial charge in [-0.2, -0.15) is 0 Å². The summed E-state index contributed by atoms with van der Waals surface area (Å²) < 4.78 is 11.0. The minimum Gasteiger partial charge on any atom is -0.379 e. The van der Waals surface area contributed by atoms with Gasteiger partial charge in [-0.15, -0.1) is 0 Å². The Balaban J connectivity index is 1.97. The molecule has 102 valence electrons. The van der Waals surface area contributed by atoms with Crippen LogP contribution in [0.3, 0.4) is 0 Å². The van der Waals surface area contributed by atoms with Gasteiger partial charge in [0.15, 0.2) is 0 Å². The van der Waals surface area contributed by atoms with Crippen LogP contribution in [-0.4, -0.2) is 57.0 Å². The van der Waals surface area contributed by atoms with Gasteiger partial charge in [0.2, 0.25) is 0 Å². The summed E-state index contributed by atoms with van der Waals surface area (Å²) >= 11 is 0. The third-order valence-electron chi connectivity index (χ3n) is 3.29. The molecule has 1 aliphatic heterocycles. The van der Waals surface area contributed by atoms with Crippen molar-refractivity contribution in [2.45, 2.75) is 38.7 Å². The van der Waals surface area contributed by atoms with Crippen LogP contribution in [0.1, 0.15) is 32.6 Å². The molecule has 1 atom stereocenters. The second-order valence-electron chi connectivity index (χ2n) is 4.61. The summed E-state index contributed by atoms with van der Waals surface area (Å²) in [5.74, 6) is 0. The SMILES string of the molecule is CCN(CCCC1CCCO1)CCOCCN. The van der Waals surface area contributed by atoms with Crippen LogP contribution in [0.15, 0.2) is 0 Å². The van der Waals surface area contributed by atoms with E-state index in [0.29, 0.717) is 19.3 Å². The molecule has 4 nitrogen and oxygen atoms in total. The number of nitrogens with zero attached hydrogens (tertiary/aromatic N) is 1. The van der Waals surface area contributed by atoms with Gasteiger partial charge in [-0.25, -0.2) is 0 Å². The second-order valence-corrected chi connectivity index (χ2v) is 4.61. The molecule has 0 aliphatic carbocycles. The maximum atomic E-state index is 5.62. The van der Waals surface area contributed by atoms with Gasteiger partial charge in [-0.1, -0.05) is 6.92 Å². The fourth-order valence-electron chi connectivity index (χ4n) is 2.22. The van der Waals surface area contributed by atoms with Gasteiger partial charge < -0.3 is 20.1 Å².